The van der Waals surface area contributed by atoms with Crippen LogP contribution in [0.5, 0.6) is 0 Å². The monoisotopic (exact) mass is 340 g/mol. The number of piperidine rings is 1. The summed E-state index contributed by atoms with van der Waals surface area (Å²) in [5.74, 6) is 0.813. The first-order valence-electron chi connectivity index (χ1n) is 9.48. The first kappa shape index (κ1) is 15.2. The Hall–Kier alpha value is -2.08. The summed E-state index contributed by atoms with van der Waals surface area (Å²) in [4.78, 5) is 19.2. The molecule has 0 aliphatic carbocycles. The van der Waals surface area contributed by atoms with E-state index in [2.05, 4.69) is 20.5 Å². The van der Waals surface area contributed by atoms with E-state index < -0.39 is 0 Å². The molecule has 2 aromatic rings. The Kier molecular flexibility index (Phi) is 3.66. The summed E-state index contributed by atoms with van der Waals surface area (Å²) >= 11 is 0. The fourth-order valence-corrected chi connectivity index (χ4v) is 4.55. The van der Waals surface area contributed by atoms with Gasteiger partial charge in [-0.25, -0.2) is 4.98 Å². The maximum Gasteiger partial charge on any atom is 0.270 e. The third-order valence-corrected chi connectivity index (χ3v) is 5.91. The van der Waals surface area contributed by atoms with Gasteiger partial charge >= 0.3 is 0 Å². The molecule has 1 amide bonds. The number of rotatable bonds is 3. The summed E-state index contributed by atoms with van der Waals surface area (Å²) in [7, 11) is 0. The van der Waals surface area contributed by atoms with E-state index >= 15 is 0 Å². The molecule has 3 aliphatic heterocycles. The maximum atomic E-state index is 12.6. The van der Waals surface area contributed by atoms with Crippen molar-refractivity contribution >= 4 is 22.8 Å². The number of carbonyl (C=O) groups is 1. The smallest absolute Gasteiger partial charge is 0.270 e. The molecule has 0 aromatic carbocycles. The normalized spacial score (nSPS) is 28.6. The minimum Gasteiger partial charge on any atom is -0.439 e. The second kappa shape index (κ2) is 6.02. The van der Waals surface area contributed by atoms with Gasteiger partial charge in [-0.05, 0) is 44.6 Å². The SMILES string of the molecule is O=C(N[C@@H]1C[C@H]2CC[C@@H]1N2)c1cc2cc(N3CCCCC3)oc2cn1. The maximum absolute atomic E-state index is 12.6. The second-order valence-electron chi connectivity index (χ2n) is 7.60. The van der Waals surface area contributed by atoms with Crippen molar-refractivity contribution in [3.05, 3.63) is 24.0 Å². The average molecular weight is 340 g/mol. The molecule has 3 aliphatic rings. The van der Waals surface area contributed by atoms with Crippen molar-refractivity contribution in [1.29, 1.82) is 0 Å². The summed E-state index contributed by atoms with van der Waals surface area (Å²) < 4.78 is 5.94. The number of carbonyl (C=O) groups excluding carboxylic acids is 1. The van der Waals surface area contributed by atoms with Gasteiger partial charge in [-0.3, -0.25) is 4.79 Å². The topological polar surface area (TPSA) is 70.4 Å². The number of anilines is 1. The quantitative estimate of drug-likeness (QED) is 0.898. The molecule has 2 aromatic heterocycles. The lowest BCUT2D eigenvalue weighted by Crippen LogP contribution is -2.43. The van der Waals surface area contributed by atoms with Crippen molar-refractivity contribution in [2.45, 2.75) is 56.7 Å². The molecule has 5 rings (SSSR count). The molecule has 5 heterocycles. The number of hydrogen-bond acceptors (Lipinski definition) is 5. The van der Waals surface area contributed by atoms with Gasteiger partial charge in [0, 0.05) is 42.7 Å². The molecule has 6 heteroatoms. The van der Waals surface area contributed by atoms with Gasteiger partial charge in [0.05, 0.1) is 6.20 Å². The zero-order valence-corrected chi connectivity index (χ0v) is 14.3. The Labute approximate surface area is 147 Å². The molecule has 3 atom stereocenters. The summed E-state index contributed by atoms with van der Waals surface area (Å²) in [5.41, 5.74) is 1.22. The van der Waals surface area contributed by atoms with Crippen molar-refractivity contribution in [2.24, 2.45) is 0 Å². The van der Waals surface area contributed by atoms with Crippen LogP contribution in [0.15, 0.2) is 22.7 Å². The van der Waals surface area contributed by atoms with Crippen LogP contribution in [0.2, 0.25) is 0 Å². The fraction of sp³-hybridized carbons (Fsp3) is 0.579. The van der Waals surface area contributed by atoms with Crippen LogP contribution in [0, 0.1) is 0 Å². The van der Waals surface area contributed by atoms with Crippen LogP contribution in [0.4, 0.5) is 5.88 Å². The van der Waals surface area contributed by atoms with E-state index in [1.165, 1.54) is 25.7 Å². The highest BCUT2D eigenvalue weighted by atomic mass is 16.4. The number of aromatic nitrogens is 1. The van der Waals surface area contributed by atoms with Gasteiger partial charge in [0.2, 0.25) is 0 Å². The molecule has 3 saturated heterocycles. The number of nitrogens with zero attached hydrogens (tertiary/aromatic N) is 2. The van der Waals surface area contributed by atoms with E-state index in [-0.39, 0.29) is 11.9 Å². The number of pyridine rings is 1. The molecule has 6 nitrogen and oxygen atoms in total. The van der Waals surface area contributed by atoms with E-state index in [0.717, 1.165) is 42.8 Å². The van der Waals surface area contributed by atoms with Gasteiger partial charge in [-0.2, -0.15) is 0 Å². The molecule has 0 saturated carbocycles. The minimum absolute atomic E-state index is 0.0815. The van der Waals surface area contributed by atoms with Crippen LogP contribution in [0.3, 0.4) is 0 Å². The molecular weight excluding hydrogens is 316 g/mol. The molecule has 132 valence electrons. The number of hydrogen-bond donors (Lipinski definition) is 2. The summed E-state index contributed by atoms with van der Waals surface area (Å²) in [5, 5.41) is 7.66. The highest BCUT2D eigenvalue weighted by molar-refractivity contribution is 5.96. The third kappa shape index (κ3) is 2.78. The Morgan fingerprint density at radius 1 is 1.24 bits per heavy atom. The molecule has 3 fully saturated rings. The molecule has 2 N–H and O–H groups in total. The van der Waals surface area contributed by atoms with E-state index in [1.54, 1.807) is 6.20 Å². The molecule has 0 spiro atoms. The lowest BCUT2D eigenvalue weighted by molar-refractivity contribution is 0.0926. The van der Waals surface area contributed by atoms with Gasteiger partial charge in [0.25, 0.3) is 5.91 Å². The van der Waals surface area contributed by atoms with Crippen LogP contribution >= 0.6 is 0 Å². The van der Waals surface area contributed by atoms with Gasteiger partial charge in [0.1, 0.15) is 5.69 Å². The van der Waals surface area contributed by atoms with Crippen molar-refractivity contribution in [3.8, 4) is 0 Å². The Morgan fingerprint density at radius 3 is 2.88 bits per heavy atom. The van der Waals surface area contributed by atoms with Crippen LogP contribution in [0.1, 0.15) is 49.0 Å². The zero-order valence-electron chi connectivity index (χ0n) is 14.3. The molecule has 2 bridgehead atoms. The van der Waals surface area contributed by atoms with Gasteiger partial charge in [-0.1, -0.05) is 0 Å². The number of amides is 1. The minimum atomic E-state index is -0.0815. The fourth-order valence-electron chi connectivity index (χ4n) is 4.55. The lowest BCUT2D eigenvalue weighted by atomic mass is 9.95. The van der Waals surface area contributed by atoms with Crippen LogP contribution < -0.4 is 15.5 Å². The van der Waals surface area contributed by atoms with E-state index in [4.69, 9.17) is 4.42 Å². The standard InChI is InChI=1S/C19H24N4O2/c24-19(22-15-10-13-4-5-14(15)21-13)16-8-12-9-18(25-17(12)11-20-16)23-6-2-1-3-7-23/h8-9,11,13-15,21H,1-7,10H2,(H,22,24)/t13-,14+,15-/m1/s1. The first-order valence-corrected chi connectivity index (χ1v) is 9.48. The van der Waals surface area contributed by atoms with E-state index in [1.807, 2.05) is 12.1 Å². The summed E-state index contributed by atoms with van der Waals surface area (Å²) in [6.45, 7) is 2.08. The number of nitrogens with one attached hydrogen (secondary N) is 2. The average Bonchev–Trinajstić information content (AvgIpc) is 3.36. The van der Waals surface area contributed by atoms with Gasteiger partial charge < -0.3 is 20.0 Å². The Bertz CT molecular complexity index is 796. The molecular formula is C19H24N4O2. The zero-order chi connectivity index (χ0) is 16.8. The van der Waals surface area contributed by atoms with Crippen molar-refractivity contribution in [3.63, 3.8) is 0 Å². The van der Waals surface area contributed by atoms with Crippen LogP contribution in [-0.4, -0.2) is 42.1 Å². The Morgan fingerprint density at radius 2 is 2.12 bits per heavy atom. The van der Waals surface area contributed by atoms with Gasteiger partial charge in [-0.15, -0.1) is 0 Å². The lowest BCUT2D eigenvalue weighted by Gasteiger charge is -2.25. The van der Waals surface area contributed by atoms with Crippen molar-refractivity contribution in [2.75, 3.05) is 18.0 Å². The predicted octanol–water partition coefficient (Wildman–Crippen LogP) is 2.44. The molecule has 25 heavy (non-hydrogen) atoms. The molecule has 0 radical (unpaired) electrons. The number of fused-ring (bicyclic) bond motifs is 3. The second-order valence-corrected chi connectivity index (χ2v) is 7.60. The Balaban J connectivity index is 1.34. The van der Waals surface area contributed by atoms with Gasteiger partial charge in [0.15, 0.2) is 11.5 Å². The summed E-state index contributed by atoms with van der Waals surface area (Å²) in [6, 6.07) is 5.13. The highest BCUT2D eigenvalue weighted by Gasteiger charge is 2.39. The summed E-state index contributed by atoms with van der Waals surface area (Å²) in [6.07, 6.45) is 8.81. The van der Waals surface area contributed by atoms with E-state index in [9.17, 15) is 4.79 Å². The van der Waals surface area contributed by atoms with E-state index in [0.29, 0.717) is 17.8 Å². The largest absolute Gasteiger partial charge is 0.439 e. The third-order valence-electron chi connectivity index (χ3n) is 5.91. The van der Waals surface area contributed by atoms with Crippen molar-refractivity contribution < 1.29 is 9.21 Å². The number of furan rings is 1. The predicted molar refractivity (Wildman–Crippen MR) is 95.9 cm³/mol. The van der Waals surface area contributed by atoms with Crippen molar-refractivity contribution in [1.82, 2.24) is 15.6 Å². The first-order chi connectivity index (χ1) is 12.3. The van der Waals surface area contributed by atoms with Crippen LogP contribution in [0.25, 0.3) is 11.0 Å². The van der Waals surface area contributed by atoms with Crippen LogP contribution in [-0.2, 0) is 0 Å². The molecule has 0 unspecified atom stereocenters. The highest BCUT2D eigenvalue weighted by Crippen LogP contribution is 2.30.